The first kappa shape index (κ1) is 19.9. The predicted molar refractivity (Wildman–Crippen MR) is 111 cm³/mol. The Morgan fingerprint density at radius 2 is 2.00 bits per heavy atom. The Kier molecular flexibility index (Phi) is 5.68. The molecule has 28 heavy (non-hydrogen) atoms. The summed E-state index contributed by atoms with van der Waals surface area (Å²) >= 11 is 0. The van der Waals surface area contributed by atoms with Gasteiger partial charge in [0, 0.05) is 37.0 Å². The number of piperazine rings is 1. The van der Waals surface area contributed by atoms with E-state index in [4.69, 9.17) is 5.73 Å². The van der Waals surface area contributed by atoms with Gasteiger partial charge in [-0.15, -0.1) is 0 Å². The number of aromatic nitrogens is 1. The average Bonchev–Trinajstić information content (AvgIpc) is 2.68. The molecular formula is C22H28N4O2. The van der Waals surface area contributed by atoms with Crippen LogP contribution in [-0.2, 0) is 4.79 Å². The second-order valence-electron chi connectivity index (χ2n) is 7.47. The highest BCUT2D eigenvalue weighted by molar-refractivity contribution is 5.99. The first-order valence-electron chi connectivity index (χ1n) is 9.73. The number of anilines is 1. The van der Waals surface area contributed by atoms with Crippen LogP contribution in [0.1, 0.15) is 41.4 Å². The first-order chi connectivity index (χ1) is 13.3. The van der Waals surface area contributed by atoms with Gasteiger partial charge in [0.2, 0.25) is 5.91 Å². The zero-order valence-corrected chi connectivity index (χ0v) is 17.0. The molecule has 148 valence electrons. The second kappa shape index (κ2) is 8.00. The molecule has 6 heteroatoms. The van der Waals surface area contributed by atoms with Crippen LogP contribution in [0.15, 0.2) is 30.3 Å². The fraction of sp³-hybridized carbons (Fsp3) is 0.409. The zero-order valence-electron chi connectivity index (χ0n) is 17.0. The van der Waals surface area contributed by atoms with Crippen LogP contribution in [0, 0.1) is 13.8 Å². The minimum Gasteiger partial charge on any atom is -0.383 e. The Bertz CT molecular complexity index is 909. The van der Waals surface area contributed by atoms with E-state index in [-0.39, 0.29) is 17.9 Å². The minimum atomic E-state index is -0.387. The summed E-state index contributed by atoms with van der Waals surface area (Å²) in [5.74, 6) is 0.443. The SMILES string of the molecule is CCCC1C(=O)N(C)CCN1C(=O)c1cccc(-c2cc(C)c(N)nc2C)c1. The van der Waals surface area contributed by atoms with E-state index in [0.717, 1.165) is 28.8 Å². The van der Waals surface area contributed by atoms with Gasteiger partial charge in [-0.3, -0.25) is 9.59 Å². The number of pyridine rings is 1. The van der Waals surface area contributed by atoms with Crippen molar-refractivity contribution in [3.8, 4) is 11.1 Å². The molecule has 0 spiro atoms. The molecule has 0 saturated carbocycles. The Labute approximate surface area is 166 Å². The van der Waals surface area contributed by atoms with Crippen LogP contribution in [0.25, 0.3) is 11.1 Å². The molecule has 2 heterocycles. The van der Waals surface area contributed by atoms with Gasteiger partial charge >= 0.3 is 0 Å². The molecule has 6 nitrogen and oxygen atoms in total. The van der Waals surface area contributed by atoms with Gasteiger partial charge in [-0.25, -0.2) is 4.98 Å². The van der Waals surface area contributed by atoms with Gasteiger partial charge in [0.05, 0.1) is 0 Å². The van der Waals surface area contributed by atoms with Crippen LogP contribution >= 0.6 is 0 Å². The lowest BCUT2D eigenvalue weighted by Crippen LogP contribution is -2.57. The average molecular weight is 380 g/mol. The van der Waals surface area contributed by atoms with Crippen molar-refractivity contribution < 1.29 is 9.59 Å². The number of nitrogens with zero attached hydrogens (tertiary/aromatic N) is 3. The molecule has 1 saturated heterocycles. The first-order valence-corrected chi connectivity index (χ1v) is 9.73. The normalized spacial score (nSPS) is 17.1. The summed E-state index contributed by atoms with van der Waals surface area (Å²) in [5.41, 5.74) is 10.1. The summed E-state index contributed by atoms with van der Waals surface area (Å²) in [7, 11) is 1.80. The van der Waals surface area contributed by atoms with Crippen LogP contribution in [0.2, 0.25) is 0 Å². The van der Waals surface area contributed by atoms with Crippen molar-refractivity contribution in [2.45, 2.75) is 39.7 Å². The van der Waals surface area contributed by atoms with E-state index < -0.39 is 0 Å². The number of benzene rings is 1. The molecule has 1 fully saturated rings. The van der Waals surface area contributed by atoms with Crippen molar-refractivity contribution in [3.63, 3.8) is 0 Å². The fourth-order valence-corrected chi connectivity index (χ4v) is 3.71. The van der Waals surface area contributed by atoms with Gasteiger partial charge in [-0.05, 0) is 49.6 Å². The topological polar surface area (TPSA) is 79.5 Å². The number of hydrogen-bond acceptors (Lipinski definition) is 4. The van der Waals surface area contributed by atoms with E-state index in [1.54, 1.807) is 16.8 Å². The van der Waals surface area contributed by atoms with E-state index in [1.165, 1.54) is 0 Å². The predicted octanol–water partition coefficient (Wildman–Crippen LogP) is 3.03. The second-order valence-corrected chi connectivity index (χ2v) is 7.47. The molecule has 1 unspecified atom stereocenters. The summed E-state index contributed by atoms with van der Waals surface area (Å²) in [5, 5.41) is 0. The van der Waals surface area contributed by atoms with E-state index in [2.05, 4.69) is 4.98 Å². The van der Waals surface area contributed by atoms with Crippen LogP contribution < -0.4 is 5.73 Å². The Morgan fingerprint density at radius 1 is 1.25 bits per heavy atom. The van der Waals surface area contributed by atoms with Gasteiger partial charge in [0.1, 0.15) is 11.9 Å². The van der Waals surface area contributed by atoms with E-state index in [9.17, 15) is 9.59 Å². The van der Waals surface area contributed by atoms with Crippen LogP contribution in [0.5, 0.6) is 0 Å². The largest absolute Gasteiger partial charge is 0.383 e. The van der Waals surface area contributed by atoms with Crippen molar-refractivity contribution in [2.24, 2.45) is 0 Å². The van der Waals surface area contributed by atoms with Gasteiger partial charge in [0.25, 0.3) is 5.91 Å². The monoisotopic (exact) mass is 380 g/mol. The number of amides is 2. The number of hydrogen-bond donors (Lipinski definition) is 1. The van der Waals surface area contributed by atoms with Crippen molar-refractivity contribution in [2.75, 3.05) is 25.9 Å². The Hall–Kier alpha value is -2.89. The third-order valence-corrected chi connectivity index (χ3v) is 5.40. The lowest BCUT2D eigenvalue weighted by molar-refractivity contribution is -0.138. The lowest BCUT2D eigenvalue weighted by Gasteiger charge is -2.39. The van der Waals surface area contributed by atoms with Crippen molar-refractivity contribution in [3.05, 3.63) is 47.2 Å². The van der Waals surface area contributed by atoms with Gasteiger partial charge in [-0.2, -0.15) is 0 Å². The number of nitrogens with two attached hydrogens (primary N) is 1. The molecule has 1 aliphatic heterocycles. The summed E-state index contributed by atoms with van der Waals surface area (Å²) in [6.45, 7) is 6.98. The molecule has 2 N–H and O–H groups in total. The number of carbonyl (C=O) groups is 2. The number of rotatable bonds is 4. The third kappa shape index (κ3) is 3.72. The maximum Gasteiger partial charge on any atom is 0.254 e. The molecule has 0 aliphatic carbocycles. The van der Waals surface area contributed by atoms with Gasteiger partial charge < -0.3 is 15.5 Å². The maximum atomic E-state index is 13.2. The number of nitrogen functional groups attached to an aromatic ring is 1. The number of likely N-dealkylation sites (N-methyl/N-ethyl adjacent to an activating group) is 1. The Balaban J connectivity index is 1.94. The number of aryl methyl sites for hydroxylation is 2. The van der Waals surface area contributed by atoms with Crippen molar-refractivity contribution in [1.82, 2.24) is 14.8 Å². The molecule has 2 aromatic rings. The molecular weight excluding hydrogens is 352 g/mol. The quantitative estimate of drug-likeness (QED) is 0.884. The van der Waals surface area contributed by atoms with E-state index >= 15 is 0 Å². The molecule has 0 bridgehead atoms. The van der Waals surface area contributed by atoms with Crippen molar-refractivity contribution in [1.29, 1.82) is 0 Å². The van der Waals surface area contributed by atoms with Crippen LogP contribution in [0.3, 0.4) is 0 Å². The summed E-state index contributed by atoms with van der Waals surface area (Å²) in [6.07, 6.45) is 1.53. The molecule has 0 radical (unpaired) electrons. The maximum absolute atomic E-state index is 13.2. The summed E-state index contributed by atoms with van der Waals surface area (Å²) in [6, 6.07) is 9.15. The van der Waals surface area contributed by atoms with Crippen molar-refractivity contribution >= 4 is 17.6 Å². The van der Waals surface area contributed by atoms with Crippen LogP contribution in [-0.4, -0.2) is 52.8 Å². The fourth-order valence-electron chi connectivity index (χ4n) is 3.71. The molecule has 1 aromatic heterocycles. The molecule has 3 rings (SSSR count). The van der Waals surface area contributed by atoms with Gasteiger partial charge in [0.15, 0.2) is 0 Å². The lowest BCUT2D eigenvalue weighted by atomic mass is 9.99. The highest BCUT2D eigenvalue weighted by atomic mass is 16.2. The van der Waals surface area contributed by atoms with Gasteiger partial charge in [-0.1, -0.05) is 25.5 Å². The molecule has 2 amide bonds. The highest BCUT2D eigenvalue weighted by Crippen LogP contribution is 2.27. The molecule has 1 aliphatic rings. The van der Waals surface area contributed by atoms with E-state index in [1.807, 2.05) is 51.1 Å². The molecule has 1 aromatic carbocycles. The molecule has 1 atom stereocenters. The summed E-state index contributed by atoms with van der Waals surface area (Å²) < 4.78 is 0. The Morgan fingerprint density at radius 3 is 2.71 bits per heavy atom. The zero-order chi connectivity index (χ0) is 20.4. The highest BCUT2D eigenvalue weighted by Gasteiger charge is 2.35. The third-order valence-electron chi connectivity index (χ3n) is 5.40. The van der Waals surface area contributed by atoms with Crippen LogP contribution in [0.4, 0.5) is 5.82 Å². The standard InChI is InChI=1S/C22H28N4O2/c1-5-7-19-22(28)25(4)10-11-26(19)21(27)17-9-6-8-16(13-17)18-12-14(2)20(23)24-15(18)3/h6,8-9,12-13,19H,5,7,10-11H2,1-4H3,(H2,23,24). The number of carbonyl (C=O) groups excluding carboxylic acids is 2. The minimum absolute atomic E-state index is 0.0202. The summed E-state index contributed by atoms with van der Waals surface area (Å²) in [4.78, 5) is 33.7. The smallest absolute Gasteiger partial charge is 0.254 e. The van der Waals surface area contributed by atoms with E-state index in [0.29, 0.717) is 30.9 Å².